The fourth-order valence-electron chi connectivity index (χ4n) is 2.73. The van der Waals surface area contributed by atoms with E-state index in [-0.39, 0.29) is 23.4 Å². The van der Waals surface area contributed by atoms with Crippen molar-refractivity contribution in [3.05, 3.63) is 40.7 Å². The summed E-state index contributed by atoms with van der Waals surface area (Å²) in [6.07, 6.45) is -0.198. The Labute approximate surface area is 117 Å². The second-order valence-corrected chi connectivity index (χ2v) is 5.76. The van der Waals surface area contributed by atoms with Crippen LogP contribution in [0.25, 0.3) is 0 Å². The van der Waals surface area contributed by atoms with Crippen LogP contribution < -0.4 is 4.74 Å². The third kappa shape index (κ3) is 1.48. The standard InChI is InChI=1S/C16H16O4/c1-8-16(2,3)12-13(17)10-6-5-9(19-4)7-11(10)14(18)15(12)20-8/h5-8H,1-4H3. The highest BCUT2D eigenvalue weighted by Crippen LogP contribution is 2.47. The second-order valence-electron chi connectivity index (χ2n) is 5.76. The number of ketones is 2. The molecule has 0 spiro atoms. The fourth-order valence-corrected chi connectivity index (χ4v) is 2.73. The summed E-state index contributed by atoms with van der Waals surface area (Å²) in [6, 6.07) is 4.94. The summed E-state index contributed by atoms with van der Waals surface area (Å²) in [4.78, 5) is 25.2. The van der Waals surface area contributed by atoms with Gasteiger partial charge in [0.25, 0.3) is 0 Å². The van der Waals surface area contributed by atoms with E-state index in [1.807, 2.05) is 20.8 Å². The lowest BCUT2D eigenvalue weighted by molar-refractivity contribution is 0.0722. The quantitative estimate of drug-likeness (QED) is 0.788. The van der Waals surface area contributed by atoms with Crippen LogP contribution >= 0.6 is 0 Å². The maximum absolute atomic E-state index is 12.7. The number of fused-ring (bicyclic) bond motifs is 1. The highest BCUT2D eigenvalue weighted by Gasteiger charge is 2.49. The van der Waals surface area contributed by atoms with E-state index in [2.05, 4.69) is 0 Å². The van der Waals surface area contributed by atoms with Gasteiger partial charge in [0.15, 0.2) is 11.5 Å². The molecule has 4 nitrogen and oxygen atoms in total. The van der Waals surface area contributed by atoms with Gasteiger partial charge in [-0.2, -0.15) is 0 Å². The molecule has 0 bridgehead atoms. The molecule has 1 unspecified atom stereocenters. The number of ether oxygens (including phenoxy) is 2. The number of carbonyl (C=O) groups is 2. The monoisotopic (exact) mass is 272 g/mol. The number of rotatable bonds is 1. The molecule has 0 saturated heterocycles. The Morgan fingerprint density at radius 2 is 1.85 bits per heavy atom. The highest BCUT2D eigenvalue weighted by molar-refractivity contribution is 6.27. The molecule has 3 rings (SSSR count). The molecule has 1 aliphatic carbocycles. The number of benzene rings is 1. The van der Waals surface area contributed by atoms with Gasteiger partial charge in [0.2, 0.25) is 5.78 Å². The van der Waals surface area contributed by atoms with Crippen LogP contribution in [0.3, 0.4) is 0 Å². The number of Topliss-reactive ketones (excluding diaryl/α,β-unsaturated/α-hetero) is 2. The Balaban J connectivity index is 2.21. The van der Waals surface area contributed by atoms with Gasteiger partial charge in [0.05, 0.1) is 12.7 Å². The topological polar surface area (TPSA) is 52.6 Å². The van der Waals surface area contributed by atoms with Crippen molar-refractivity contribution in [2.24, 2.45) is 5.41 Å². The molecule has 0 aromatic heterocycles. The maximum atomic E-state index is 12.7. The molecule has 0 N–H and O–H groups in total. The molecule has 2 aliphatic rings. The Bertz CT molecular complexity index is 667. The Kier molecular flexibility index (Phi) is 2.55. The molecular formula is C16H16O4. The summed E-state index contributed by atoms with van der Waals surface area (Å²) in [5, 5.41) is 0. The van der Waals surface area contributed by atoms with E-state index in [0.717, 1.165) is 0 Å². The van der Waals surface area contributed by atoms with Crippen LogP contribution in [0.1, 0.15) is 41.5 Å². The maximum Gasteiger partial charge on any atom is 0.228 e. The molecule has 4 heteroatoms. The Hall–Kier alpha value is -2.10. The smallest absolute Gasteiger partial charge is 0.228 e. The van der Waals surface area contributed by atoms with E-state index in [4.69, 9.17) is 9.47 Å². The SMILES string of the molecule is COc1ccc2c(c1)C(=O)C1=C(C2=O)C(C)(C)C(C)O1. The lowest BCUT2D eigenvalue weighted by Crippen LogP contribution is -2.29. The molecule has 1 aliphatic heterocycles. The van der Waals surface area contributed by atoms with Gasteiger partial charge < -0.3 is 9.47 Å². The molecule has 20 heavy (non-hydrogen) atoms. The van der Waals surface area contributed by atoms with Crippen molar-refractivity contribution >= 4 is 11.6 Å². The minimum atomic E-state index is -0.459. The lowest BCUT2D eigenvalue weighted by atomic mass is 9.74. The zero-order chi connectivity index (χ0) is 14.7. The molecule has 0 fully saturated rings. The minimum absolute atomic E-state index is 0.119. The van der Waals surface area contributed by atoms with Crippen LogP contribution in [0.2, 0.25) is 0 Å². The van der Waals surface area contributed by atoms with E-state index in [1.54, 1.807) is 18.2 Å². The molecule has 0 saturated carbocycles. The zero-order valence-electron chi connectivity index (χ0n) is 11.9. The highest BCUT2D eigenvalue weighted by atomic mass is 16.5. The first-order chi connectivity index (χ1) is 9.37. The Morgan fingerprint density at radius 1 is 1.15 bits per heavy atom. The molecule has 0 amide bonds. The van der Waals surface area contributed by atoms with Crippen molar-refractivity contribution in [2.75, 3.05) is 7.11 Å². The van der Waals surface area contributed by atoms with Gasteiger partial charge in [-0.3, -0.25) is 9.59 Å². The summed E-state index contributed by atoms with van der Waals surface area (Å²) in [5.74, 6) is 0.407. The average Bonchev–Trinajstić information content (AvgIpc) is 2.66. The second kappa shape index (κ2) is 3.95. The molecule has 1 aromatic rings. The zero-order valence-corrected chi connectivity index (χ0v) is 11.9. The number of hydrogen-bond donors (Lipinski definition) is 0. The lowest BCUT2D eigenvalue weighted by Gasteiger charge is -2.25. The first kappa shape index (κ1) is 12.9. The number of hydrogen-bond acceptors (Lipinski definition) is 4. The van der Waals surface area contributed by atoms with Crippen LogP contribution in [-0.2, 0) is 4.74 Å². The van der Waals surface area contributed by atoms with Crippen LogP contribution in [0.15, 0.2) is 29.5 Å². The summed E-state index contributed by atoms with van der Waals surface area (Å²) in [7, 11) is 1.53. The third-order valence-corrected chi connectivity index (χ3v) is 4.33. The number of methoxy groups -OCH3 is 1. The van der Waals surface area contributed by atoms with Crippen LogP contribution in [-0.4, -0.2) is 24.8 Å². The van der Waals surface area contributed by atoms with Crippen molar-refractivity contribution in [3.63, 3.8) is 0 Å². The van der Waals surface area contributed by atoms with Crippen LogP contribution in [0.4, 0.5) is 0 Å². The van der Waals surface area contributed by atoms with Crippen LogP contribution in [0, 0.1) is 5.41 Å². The first-order valence-corrected chi connectivity index (χ1v) is 6.56. The number of allylic oxidation sites excluding steroid dienone is 1. The van der Waals surface area contributed by atoms with E-state index in [9.17, 15) is 9.59 Å². The molecule has 1 atom stereocenters. The van der Waals surface area contributed by atoms with Crippen molar-refractivity contribution < 1.29 is 19.1 Å². The fraction of sp³-hybridized carbons (Fsp3) is 0.375. The van der Waals surface area contributed by atoms with Crippen molar-refractivity contribution in [1.82, 2.24) is 0 Å². The van der Waals surface area contributed by atoms with E-state index >= 15 is 0 Å². The van der Waals surface area contributed by atoms with Gasteiger partial charge in [-0.25, -0.2) is 0 Å². The summed E-state index contributed by atoms with van der Waals surface area (Å²) >= 11 is 0. The largest absolute Gasteiger partial charge is 0.497 e. The average molecular weight is 272 g/mol. The van der Waals surface area contributed by atoms with Gasteiger partial charge in [0.1, 0.15) is 11.9 Å². The van der Waals surface area contributed by atoms with Crippen molar-refractivity contribution in [1.29, 1.82) is 0 Å². The molecule has 1 aromatic carbocycles. The van der Waals surface area contributed by atoms with Gasteiger partial charge in [-0.15, -0.1) is 0 Å². The van der Waals surface area contributed by atoms with Crippen LogP contribution in [0.5, 0.6) is 5.75 Å². The van der Waals surface area contributed by atoms with Crippen molar-refractivity contribution in [3.8, 4) is 5.75 Å². The first-order valence-electron chi connectivity index (χ1n) is 6.56. The molecule has 104 valence electrons. The molecule has 1 heterocycles. The summed E-state index contributed by atoms with van der Waals surface area (Å²) < 4.78 is 10.8. The Morgan fingerprint density at radius 3 is 2.50 bits per heavy atom. The molecule has 0 radical (unpaired) electrons. The normalized spacial score (nSPS) is 23.3. The van der Waals surface area contributed by atoms with Gasteiger partial charge in [0, 0.05) is 16.5 Å². The predicted octanol–water partition coefficient (Wildman–Crippen LogP) is 2.77. The van der Waals surface area contributed by atoms with E-state index in [0.29, 0.717) is 22.4 Å². The number of carbonyl (C=O) groups excluding carboxylic acids is 2. The third-order valence-electron chi connectivity index (χ3n) is 4.33. The predicted molar refractivity (Wildman–Crippen MR) is 73.0 cm³/mol. The van der Waals surface area contributed by atoms with Gasteiger partial charge >= 0.3 is 0 Å². The summed E-state index contributed by atoms with van der Waals surface area (Å²) in [5.41, 5.74) is 0.825. The summed E-state index contributed by atoms with van der Waals surface area (Å²) in [6.45, 7) is 5.74. The van der Waals surface area contributed by atoms with E-state index < -0.39 is 5.41 Å². The molecular weight excluding hydrogens is 256 g/mol. The van der Waals surface area contributed by atoms with Gasteiger partial charge in [-0.05, 0) is 25.1 Å². The van der Waals surface area contributed by atoms with Crippen molar-refractivity contribution in [2.45, 2.75) is 26.9 Å². The minimum Gasteiger partial charge on any atom is -0.497 e. The van der Waals surface area contributed by atoms with Gasteiger partial charge in [-0.1, -0.05) is 13.8 Å². The van der Waals surface area contributed by atoms with E-state index in [1.165, 1.54) is 7.11 Å².